The number of rotatable bonds is 7. The first kappa shape index (κ1) is 32.2. The lowest BCUT2D eigenvalue weighted by Crippen LogP contribution is -2.52. The number of alkyl carbamates (subject to hydrolysis) is 1. The number of carbonyl (C=O) groups excluding carboxylic acids is 2. The van der Waals surface area contributed by atoms with Crippen LogP contribution in [-0.2, 0) is 15.9 Å². The third kappa shape index (κ3) is 7.08. The number of oxazole rings is 1. The highest BCUT2D eigenvalue weighted by atomic mass is 19.4. The molecule has 1 atom stereocenters. The standard InChI is InChI=1S/C30H30F4N4O6/c1-27(2,3)44-26(41)38-28(4,5)18-13-21(16-6-9-19(31)10-7-16)36-23(14-18)29(42,30(32,33)34)15-35-24(39)17-8-11-20-22(12-17)43-25(40)37-20/h6-14,42H,15H2,1-5H3,(H,35,39)(H,37,40)(H,38,41). The third-order valence-corrected chi connectivity index (χ3v) is 6.58. The number of amides is 2. The second-order valence-corrected chi connectivity index (χ2v) is 11.7. The molecule has 2 heterocycles. The summed E-state index contributed by atoms with van der Waals surface area (Å²) in [7, 11) is 0. The Hall–Kier alpha value is -4.72. The van der Waals surface area contributed by atoms with Crippen molar-refractivity contribution in [1.29, 1.82) is 0 Å². The number of hydrogen-bond acceptors (Lipinski definition) is 7. The van der Waals surface area contributed by atoms with E-state index in [1.165, 1.54) is 44.2 Å². The van der Waals surface area contributed by atoms with Crippen molar-refractivity contribution < 1.29 is 41.4 Å². The van der Waals surface area contributed by atoms with Crippen LogP contribution in [0.3, 0.4) is 0 Å². The van der Waals surface area contributed by atoms with Gasteiger partial charge < -0.3 is 24.9 Å². The molecule has 2 aromatic heterocycles. The Morgan fingerprint density at radius 3 is 2.27 bits per heavy atom. The van der Waals surface area contributed by atoms with Crippen LogP contribution in [-0.4, -0.2) is 45.4 Å². The number of aromatic amines is 1. The highest BCUT2D eigenvalue weighted by Gasteiger charge is 2.56. The van der Waals surface area contributed by atoms with Crippen molar-refractivity contribution in [3.8, 4) is 11.3 Å². The van der Waals surface area contributed by atoms with E-state index < -0.39 is 58.7 Å². The molecule has 14 heteroatoms. The van der Waals surface area contributed by atoms with Gasteiger partial charge in [0.05, 0.1) is 29.0 Å². The second-order valence-electron chi connectivity index (χ2n) is 11.7. The highest BCUT2D eigenvalue weighted by molar-refractivity contribution is 5.97. The minimum absolute atomic E-state index is 0.00626. The fourth-order valence-corrected chi connectivity index (χ4v) is 4.24. The number of halogens is 4. The van der Waals surface area contributed by atoms with E-state index in [9.17, 15) is 37.1 Å². The average Bonchev–Trinajstić information content (AvgIpc) is 3.28. The molecular formula is C30H30F4N4O6. The number of H-pyrrole nitrogens is 1. The number of pyridine rings is 1. The number of ether oxygens (including phenoxy) is 1. The van der Waals surface area contributed by atoms with E-state index >= 15 is 0 Å². The van der Waals surface area contributed by atoms with Crippen LogP contribution in [0.5, 0.6) is 0 Å². The van der Waals surface area contributed by atoms with Crippen molar-refractivity contribution >= 4 is 23.1 Å². The summed E-state index contributed by atoms with van der Waals surface area (Å²) in [5, 5.41) is 15.9. The minimum Gasteiger partial charge on any atom is -0.444 e. The lowest BCUT2D eigenvalue weighted by molar-refractivity contribution is -0.265. The lowest BCUT2D eigenvalue weighted by atomic mass is 9.88. The molecule has 0 saturated heterocycles. The van der Waals surface area contributed by atoms with Gasteiger partial charge in [-0.3, -0.25) is 9.78 Å². The molecule has 0 aliphatic carbocycles. The van der Waals surface area contributed by atoms with Crippen molar-refractivity contribution in [1.82, 2.24) is 20.6 Å². The second kappa shape index (κ2) is 11.4. The van der Waals surface area contributed by atoms with Gasteiger partial charge in [-0.05, 0) is 94.8 Å². The van der Waals surface area contributed by atoms with Crippen LogP contribution in [0, 0.1) is 5.82 Å². The van der Waals surface area contributed by atoms with Gasteiger partial charge in [0, 0.05) is 11.1 Å². The fourth-order valence-electron chi connectivity index (χ4n) is 4.24. The van der Waals surface area contributed by atoms with E-state index in [0.29, 0.717) is 0 Å². The maximum Gasteiger partial charge on any atom is 0.424 e. The number of nitrogens with zero attached hydrogens (tertiary/aromatic N) is 1. The molecule has 2 amide bonds. The van der Waals surface area contributed by atoms with Crippen LogP contribution in [0.2, 0.25) is 0 Å². The summed E-state index contributed by atoms with van der Waals surface area (Å²) in [5.41, 5.74) is -6.46. The zero-order valence-corrected chi connectivity index (χ0v) is 24.4. The molecule has 234 valence electrons. The number of benzene rings is 2. The van der Waals surface area contributed by atoms with Gasteiger partial charge in [0.25, 0.3) is 5.91 Å². The molecule has 44 heavy (non-hydrogen) atoms. The van der Waals surface area contributed by atoms with Crippen LogP contribution in [0.15, 0.2) is 63.8 Å². The van der Waals surface area contributed by atoms with Crippen molar-refractivity contribution in [2.45, 2.75) is 57.5 Å². The molecular weight excluding hydrogens is 588 g/mol. The van der Waals surface area contributed by atoms with Gasteiger partial charge in [0.2, 0.25) is 5.60 Å². The molecule has 10 nitrogen and oxygen atoms in total. The summed E-state index contributed by atoms with van der Waals surface area (Å²) >= 11 is 0. The van der Waals surface area contributed by atoms with Crippen LogP contribution < -0.4 is 16.4 Å². The van der Waals surface area contributed by atoms with Gasteiger partial charge >= 0.3 is 18.0 Å². The number of alkyl halides is 3. The van der Waals surface area contributed by atoms with Gasteiger partial charge in [0.15, 0.2) is 5.58 Å². The molecule has 0 saturated carbocycles. The summed E-state index contributed by atoms with van der Waals surface area (Å²) in [6.07, 6.45) is -6.20. The number of carbonyl (C=O) groups is 2. The molecule has 0 fully saturated rings. The highest BCUT2D eigenvalue weighted by Crippen LogP contribution is 2.40. The Bertz CT molecular complexity index is 1760. The topological polar surface area (TPSA) is 147 Å². The van der Waals surface area contributed by atoms with Crippen LogP contribution in [0.1, 0.15) is 56.2 Å². The van der Waals surface area contributed by atoms with Crippen molar-refractivity contribution in [3.63, 3.8) is 0 Å². The number of aromatic nitrogens is 2. The van der Waals surface area contributed by atoms with E-state index in [-0.39, 0.29) is 33.5 Å². The Morgan fingerprint density at radius 2 is 1.66 bits per heavy atom. The lowest BCUT2D eigenvalue weighted by Gasteiger charge is -2.33. The van der Waals surface area contributed by atoms with Gasteiger partial charge in [0.1, 0.15) is 11.4 Å². The monoisotopic (exact) mass is 618 g/mol. The normalized spacial score (nSPS) is 13.8. The van der Waals surface area contributed by atoms with Gasteiger partial charge in [-0.15, -0.1) is 0 Å². The Morgan fingerprint density at radius 1 is 1.00 bits per heavy atom. The van der Waals surface area contributed by atoms with Gasteiger partial charge in [-0.2, -0.15) is 13.2 Å². The molecule has 4 aromatic rings. The number of aliphatic hydroxyl groups is 1. The summed E-state index contributed by atoms with van der Waals surface area (Å²) in [6, 6.07) is 10.9. The molecule has 1 unspecified atom stereocenters. The summed E-state index contributed by atoms with van der Waals surface area (Å²) in [5.74, 6) is -2.38. The smallest absolute Gasteiger partial charge is 0.424 e. The largest absolute Gasteiger partial charge is 0.444 e. The number of fused-ring (bicyclic) bond motifs is 1. The summed E-state index contributed by atoms with van der Waals surface area (Å²) in [6.45, 7) is 6.58. The first-order valence-electron chi connectivity index (χ1n) is 13.3. The van der Waals surface area contributed by atoms with Gasteiger partial charge in [-0.25, -0.2) is 19.0 Å². The van der Waals surface area contributed by atoms with Crippen molar-refractivity contribution in [2.24, 2.45) is 0 Å². The van der Waals surface area contributed by atoms with Gasteiger partial charge in [-0.1, -0.05) is 0 Å². The van der Waals surface area contributed by atoms with E-state index in [2.05, 4.69) is 20.6 Å². The molecule has 4 rings (SSSR count). The number of nitrogens with one attached hydrogen (secondary N) is 3. The van der Waals surface area contributed by atoms with E-state index in [0.717, 1.165) is 24.3 Å². The summed E-state index contributed by atoms with van der Waals surface area (Å²) < 4.78 is 67.7. The first-order valence-corrected chi connectivity index (χ1v) is 13.3. The predicted octanol–water partition coefficient (Wildman–Crippen LogP) is 5.26. The van der Waals surface area contributed by atoms with E-state index in [1.54, 1.807) is 20.8 Å². The molecule has 0 spiro atoms. The molecule has 2 aromatic carbocycles. The van der Waals surface area contributed by atoms with E-state index in [4.69, 9.17) is 9.15 Å². The van der Waals surface area contributed by atoms with E-state index in [1.807, 2.05) is 0 Å². The molecule has 0 aliphatic rings. The Labute approximate surface area is 248 Å². The van der Waals surface area contributed by atoms with Crippen molar-refractivity contribution in [2.75, 3.05) is 6.54 Å². The first-order chi connectivity index (χ1) is 20.3. The van der Waals surface area contributed by atoms with Crippen LogP contribution in [0.25, 0.3) is 22.4 Å². The van der Waals surface area contributed by atoms with Crippen molar-refractivity contribution in [3.05, 3.63) is 87.8 Å². The molecule has 0 aliphatic heterocycles. The zero-order chi connectivity index (χ0) is 32.7. The maximum atomic E-state index is 14.6. The van der Waals surface area contributed by atoms with Crippen LogP contribution >= 0.6 is 0 Å². The minimum atomic E-state index is -5.36. The quantitative estimate of drug-likeness (QED) is 0.207. The Kier molecular flexibility index (Phi) is 8.35. The van der Waals surface area contributed by atoms with Crippen LogP contribution in [0.4, 0.5) is 22.4 Å². The Balaban J connectivity index is 1.76. The predicted molar refractivity (Wildman–Crippen MR) is 151 cm³/mol. The third-order valence-electron chi connectivity index (χ3n) is 6.58. The molecule has 0 bridgehead atoms. The SMILES string of the molecule is CC(C)(C)OC(=O)NC(C)(C)c1cc(-c2ccc(F)cc2)nc(C(O)(CNC(=O)c2ccc3[nH]c(=O)oc3c2)C(F)(F)F)c1. The number of hydrogen-bond donors (Lipinski definition) is 4. The fraction of sp³-hybridized carbons (Fsp3) is 0.333. The molecule has 4 N–H and O–H groups in total. The summed E-state index contributed by atoms with van der Waals surface area (Å²) in [4.78, 5) is 43.3. The molecule has 0 radical (unpaired) electrons. The zero-order valence-electron chi connectivity index (χ0n) is 24.4. The average molecular weight is 619 g/mol. The maximum absolute atomic E-state index is 14.6.